The van der Waals surface area contributed by atoms with Crippen molar-refractivity contribution in [3.8, 4) is 0 Å². The molecule has 2 unspecified atom stereocenters. The Hall–Kier alpha value is -2.77. The van der Waals surface area contributed by atoms with E-state index in [0.717, 1.165) is 12.1 Å². The number of fused-ring (bicyclic) bond motifs is 6. The van der Waals surface area contributed by atoms with Gasteiger partial charge in [-0.15, -0.1) is 0 Å². The number of halogens is 2. The van der Waals surface area contributed by atoms with Crippen molar-refractivity contribution in [2.45, 2.75) is 44.4 Å². The highest BCUT2D eigenvalue weighted by atomic mass is 35.5. The van der Waals surface area contributed by atoms with Gasteiger partial charge in [0.05, 0.1) is 42.8 Å². The summed E-state index contributed by atoms with van der Waals surface area (Å²) in [4.78, 5) is 34.3. The highest BCUT2D eigenvalue weighted by molar-refractivity contribution is 6.42. The lowest BCUT2D eigenvalue weighted by Gasteiger charge is -2.39. The van der Waals surface area contributed by atoms with Gasteiger partial charge in [0.25, 0.3) is 5.69 Å². The molecular weight excluding hydrogens is 451 g/mol. The van der Waals surface area contributed by atoms with Gasteiger partial charge in [-0.1, -0.05) is 44.0 Å². The number of benzene rings is 2. The lowest BCUT2D eigenvalue weighted by molar-refractivity contribution is -0.384. The van der Waals surface area contributed by atoms with E-state index in [9.17, 15) is 14.9 Å². The first kappa shape index (κ1) is 21.1. The fraction of sp³-hybridized carbons (Fsp3) is 0.348. The van der Waals surface area contributed by atoms with Crippen LogP contribution in [0, 0.1) is 15.5 Å². The monoisotopic (exact) mass is 470 g/mol. The Kier molecular flexibility index (Phi) is 4.36. The summed E-state index contributed by atoms with van der Waals surface area (Å²) in [5.41, 5.74) is 1.09. The molecule has 3 aromatic rings. The van der Waals surface area contributed by atoms with Crippen molar-refractivity contribution in [3.05, 3.63) is 67.9 Å². The van der Waals surface area contributed by atoms with Gasteiger partial charge in [0.15, 0.2) is 0 Å². The zero-order chi connectivity index (χ0) is 23.1. The highest BCUT2D eigenvalue weighted by Crippen LogP contribution is 2.70. The van der Waals surface area contributed by atoms with E-state index in [0.29, 0.717) is 38.9 Å². The number of aromatic nitrogens is 2. The molecule has 1 fully saturated rings. The minimum Gasteiger partial charge on any atom is -0.325 e. The van der Waals surface area contributed by atoms with Gasteiger partial charge in [-0.3, -0.25) is 14.9 Å². The third kappa shape index (κ3) is 2.52. The van der Waals surface area contributed by atoms with Crippen LogP contribution in [-0.2, 0) is 15.6 Å². The van der Waals surface area contributed by atoms with Crippen LogP contribution in [0.3, 0.4) is 0 Å². The van der Waals surface area contributed by atoms with Crippen LogP contribution in [-0.4, -0.2) is 20.8 Å². The van der Waals surface area contributed by atoms with Crippen molar-refractivity contribution in [2.24, 2.45) is 5.41 Å². The predicted octanol–water partition coefficient (Wildman–Crippen LogP) is 5.81. The average Bonchev–Trinajstić information content (AvgIpc) is 3.04. The molecule has 2 atom stereocenters. The summed E-state index contributed by atoms with van der Waals surface area (Å²) in [5.74, 6) is -0.192. The Bertz CT molecular complexity index is 1340. The number of nitro groups is 1. The number of hydrogen-bond donors (Lipinski definition) is 1. The Morgan fingerprint density at radius 1 is 1.00 bits per heavy atom. The molecule has 1 N–H and O–H groups in total. The maximum atomic E-state index is 13.9. The number of nitro benzene ring substituents is 1. The lowest BCUT2D eigenvalue weighted by atomic mass is 9.63. The number of non-ortho nitro benzene ring substituents is 1. The second kappa shape index (κ2) is 6.62. The Labute approximate surface area is 194 Å². The molecule has 1 amide bonds. The van der Waals surface area contributed by atoms with Crippen molar-refractivity contribution in [1.29, 1.82) is 0 Å². The molecule has 0 spiro atoms. The highest BCUT2D eigenvalue weighted by Gasteiger charge is 2.73. The van der Waals surface area contributed by atoms with Gasteiger partial charge in [0.2, 0.25) is 5.91 Å². The molecule has 164 valence electrons. The average molecular weight is 471 g/mol. The summed E-state index contributed by atoms with van der Waals surface area (Å²) in [7, 11) is 0. The van der Waals surface area contributed by atoms with E-state index in [1.165, 1.54) is 12.1 Å². The number of anilines is 1. The van der Waals surface area contributed by atoms with Gasteiger partial charge in [-0.25, -0.2) is 9.97 Å². The molecule has 2 bridgehead atoms. The Morgan fingerprint density at radius 3 is 2.41 bits per heavy atom. The Morgan fingerprint density at radius 2 is 1.72 bits per heavy atom. The number of nitrogens with one attached hydrogen (secondary N) is 1. The van der Waals surface area contributed by atoms with Crippen LogP contribution in [0.25, 0.3) is 11.0 Å². The molecule has 0 radical (unpaired) electrons. The van der Waals surface area contributed by atoms with Gasteiger partial charge in [-0.05, 0) is 42.5 Å². The number of hydrogen-bond acceptors (Lipinski definition) is 5. The summed E-state index contributed by atoms with van der Waals surface area (Å²) in [5, 5.41) is 15.0. The first-order valence-electron chi connectivity index (χ1n) is 10.2. The fourth-order valence-electron chi connectivity index (χ4n) is 5.52. The van der Waals surface area contributed by atoms with Crippen molar-refractivity contribution in [3.63, 3.8) is 0 Å². The van der Waals surface area contributed by atoms with E-state index in [1.807, 2.05) is 0 Å². The molecule has 2 aromatic carbocycles. The van der Waals surface area contributed by atoms with E-state index < -0.39 is 15.8 Å². The van der Waals surface area contributed by atoms with E-state index in [2.05, 4.69) is 26.1 Å². The minimum atomic E-state index is -0.936. The first-order chi connectivity index (χ1) is 15.0. The molecule has 2 aliphatic rings. The quantitative estimate of drug-likeness (QED) is 0.384. The van der Waals surface area contributed by atoms with E-state index in [1.54, 1.807) is 24.3 Å². The normalized spacial score (nSPS) is 25.0. The van der Waals surface area contributed by atoms with Gasteiger partial charge in [0, 0.05) is 23.2 Å². The molecule has 32 heavy (non-hydrogen) atoms. The topological polar surface area (TPSA) is 98.0 Å². The van der Waals surface area contributed by atoms with Gasteiger partial charge >= 0.3 is 0 Å². The molecule has 5 rings (SSSR count). The van der Waals surface area contributed by atoms with Crippen LogP contribution >= 0.6 is 23.2 Å². The summed E-state index contributed by atoms with van der Waals surface area (Å²) in [6, 6.07) is 9.41. The van der Waals surface area contributed by atoms with Crippen molar-refractivity contribution in [1.82, 2.24) is 9.97 Å². The molecule has 2 aliphatic carbocycles. The third-order valence-corrected chi connectivity index (χ3v) is 8.54. The zero-order valence-corrected chi connectivity index (χ0v) is 19.2. The van der Waals surface area contributed by atoms with E-state index in [-0.39, 0.29) is 17.0 Å². The fourth-order valence-corrected chi connectivity index (χ4v) is 5.82. The molecule has 7 nitrogen and oxygen atoms in total. The predicted molar refractivity (Wildman–Crippen MR) is 123 cm³/mol. The van der Waals surface area contributed by atoms with Crippen molar-refractivity contribution >= 4 is 51.5 Å². The van der Waals surface area contributed by atoms with Gasteiger partial charge in [-0.2, -0.15) is 0 Å². The third-order valence-electron chi connectivity index (χ3n) is 7.80. The molecule has 0 aliphatic heterocycles. The molecular formula is C23H20Cl2N4O3. The van der Waals surface area contributed by atoms with Crippen LogP contribution in [0.2, 0.25) is 10.0 Å². The summed E-state index contributed by atoms with van der Waals surface area (Å²) < 4.78 is 0. The van der Waals surface area contributed by atoms with E-state index >= 15 is 0 Å². The maximum Gasteiger partial charge on any atom is 0.271 e. The van der Waals surface area contributed by atoms with Gasteiger partial charge < -0.3 is 5.32 Å². The maximum absolute atomic E-state index is 13.9. The largest absolute Gasteiger partial charge is 0.325 e. The van der Waals surface area contributed by atoms with Gasteiger partial charge in [0.1, 0.15) is 0 Å². The van der Waals surface area contributed by atoms with Crippen LogP contribution in [0.1, 0.15) is 45.0 Å². The number of amides is 1. The molecule has 1 aromatic heterocycles. The first-order valence-corrected chi connectivity index (χ1v) is 11.0. The zero-order valence-electron chi connectivity index (χ0n) is 17.7. The standard InChI is InChI=1S/C23H20Cl2N4O3/c1-21(2)22(3)8-9-23(21,20(30)26-12-4-6-14(24)15(25)10-12)19-18(22)27-16-7-5-13(29(31)32)11-17(16)28-19/h4-7,10-11H,8-9H2,1-3H3,(H,26,30). The summed E-state index contributed by atoms with van der Waals surface area (Å²) in [6.45, 7) is 6.27. The minimum absolute atomic E-state index is 0.0605. The van der Waals surface area contributed by atoms with Crippen LogP contribution in [0.15, 0.2) is 36.4 Å². The number of carbonyl (C=O) groups excluding carboxylic acids is 1. The second-order valence-electron chi connectivity index (χ2n) is 9.30. The van der Waals surface area contributed by atoms with Crippen molar-refractivity contribution < 1.29 is 9.72 Å². The molecule has 0 saturated heterocycles. The molecule has 1 heterocycles. The lowest BCUT2D eigenvalue weighted by Crippen LogP contribution is -2.48. The summed E-state index contributed by atoms with van der Waals surface area (Å²) >= 11 is 12.2. The number of rotatable bonds is 3. The second-order valence-corrected chi connectivity index (χ2v) is 10.1. The van der Waals surface area contributed by atoms with Crippen LogP contribution < -0.4 is 5.32 Å². The number of carbonyl (C=O) groups is 1. The molecule has 9 heteroatoms. The van der Waals surface area contributed by atoms with E-state index in [4.69, 9.17) is 33.2 Å². The molecule has 1 saturated carbocycles. The smallest absolute Gasteiger partial charge is 0.271 e. The summed E-state index contributed by atoms with van der Waals surface area (Å²) in [6.07, 6.45) is 1.39. The Balaban J connectivity index is 1.69. The SMILES string of the molecule is CC12CCC(C(=O)Nc3ccc(Cl)c(Cl)c3)(c3nc4cc([N+](=O)[O-])ccc4nc31)C2(C)C. The van der Waals surface area contributed by atoms with Crippen LogP contribution in [0.5, 0.6) is 0 Å². The van der Waals surface area contributed by atoms with Crippen LogP contribution in [0.4, 0.5) is 11.4 Å². The number of nitrogens with zero attached hydrogens (tertiary/aromatic N) is 3. The van der Waals surface area contributed by atoms with Crippen molar-refractivity contribution in [2.75, 3.05) is 5.32 Å².